The van der Waals surface area contributed by atoms with Crippen molar-refractivity contribution in [2.24, 2.45) is 0 Å². The minimum Gasteiger partial charge on any atom is -0.322 e. The van der Waals surface area contributed by atoms with Gasteiger partial charge in [0.2, 0.25) is 5.91 Å². The lowest BCUT2D eigenvalue weighted by Gasteiger charge is -2.10. The zero-order valence-corrected chi connectivity index (χ0v) is 13.8. The number of nitrogens with zero attached hydrogens (tertiary/aromatic N) is 1. The molecule has 3 aromatic carbocycles. The van der Waals surface area contributed by atoms with Gasteiger partial charge in [-0.1, -0.05) is 48.5 Å². The van der Waals surface area contributed by atoms with Gasteiger partial charge in [0.05, 0.1) is 4.92 Å². The Balaban J connectivity index is 1.73. The third-order valence-corrected chi connectivity index (χ3v) is 3.80. The molecule has 0 aliphatic rings. The Kier molecular flexibility index (Phi) is 5.19. The second-order valence-electron chi connectivity index (χ2n) is 5.58. The smallest absolute Gasteiger partial charge is 0.269 e. The summed E-state index contributed by atoms with van der Waals surface area (Å²) in [5.41, 5.74) is 3.40. The van der Waals surface area contributed by atoms with Crippen molar-refractivity contribution in [3.8, 4) is 11.1 Å². The molecular weight excluding hydrogens is 328 g/mol. The van der Waals surface area contributed by atoms with E-state index in [0.717, 1.165) is 16.8 Å². The van der Waals surface area contributed by atoms with Crippen molar-refractivity contribution >= 4 is 23.4 Å². The number of nitro benzene ring substituents is 1. The highest BCUT2D eigenvalue weighted by molar-refractivity contribution is 6.04. The number of nitrogens with one attached hydrogen (secondary N) is 1. The number of amides is 1. The first-order chi connectivity index (χ1) is 12.6. The summed E-state index contributed by atoms with van der Waals surface area (Å²) in [5.74, 6) is -0.272. The zero-order chi connectivity index (χ0) is 18.4. The first-order valence-corrected chi connectivity index (χ1v) is 8.01. The average Bonchev–Trinajstić information content (AvgIpc) is 2.68. The van der Waals surface area contributed by atoms with Crippen LogP contribution in [-0.2, 0) is 4.79 Å². The molecule has 0 aliphatic carbocycles. The van der Waals surface area contributed by atoms with Gasteiger partial charge in [-0.3, -0.25) is 14.9 Å². The Morgan fingerprint density at radius 2 is 1.54 bits per heavy atom. The molecule has 1 amide bonds. The number of rotatable bonds is 5. The summed E-state index contributed by atoms with van der Waals surface area (Å²) in [5, 5.41) is 13.5. The normalized spacial score (nSPS) is 10.6. The zero-order valence-electron chi connectivity index (χ0n) is 13.8. The fraction of sp³-hybridized carbons (Fsp3) is 0. The van der Waals surface area contributed by atoms with Crippen molar-refractivity contribution in [1.82, 2.24) is 0 Å². The molecule has 3 aromatic rings. The molecule has 0 spiro atoms. The van der Waals surface area contributed by atoms with E-state index in [1.807, 2.05) is 54.6 Å². The molecule has 128 valence electrons. The van der Waals surface area contributed by atoms with Crippen LogP contribution < -0.4 is 5.32 Å². The van der Waals surface area contributed by atoms with Gasteiger partial charge in [0.1, 0.15) is 0 Å². The number of para-hydroxylation sites is 1. The molecule has 3 rings (SSSR count). The highest BCUT2D eigenvalue weighted by Crippen LogP contribution is 2.27. The van der Waals surface area contributed by atoms with Gasteiger partial charge in [0, 0.05) is 29.5 Å². The highest BCUT2D eigenvalue weighted by atomic mass is 16.6. The Bertz CT molecular complexity index is 949. The second kappa shape index (κ2) is 7.90. The van der Waals surface area contributed by atoms with E-state index in [9.17, 15) is 14.9 Å². The largest absolute Gasteiger partial charge is 0.322 e. The van der Waals surface area contributed by atoms with Gasteiger partial charge in [-0.2, -0.15) is 0 Å². The predicted molar refractivity (Wildman–Crippen MR) is 103 cm³/mol. The molecule has 0 aromatic heterocycles. The monoisotopic (exact) mass is 344 g/mol. The topological polar surface area (TPSA) is 72.2 Å². The molecule has 0 fully saturated rings. The van der Waals surface area contributed by atoms with Crippen molar-refractivity contribution in [3.63, 3.8) is 0 Å². The van der Waals surface area contributed by atoms with Crippen LogP contribution in [0.15, 0.2) is 84.9 Å². The molecule has 0 saturated heterocycles. The molecular formula is C21H16N2O3. The van der Waals surface area contributed by atoms with Gasteiger partial charge in [0.15, 0.2) is 0 Å². The molecule has 0 bridgehead atoms. The van der Waals surface area contributed by atoms with Crippen molar-refractivity contribution in [3.05, 3.63) is 101 Å². The van der Waals surface area contributed by atoms with Crippen LogP contribution in [0.2, 0.25) is 0 Å². The van der Waals surface area contributed by atoms with E-state index in [1.54, 1.807) is 18.2 Å². The summed E-state index contributed by atoms with van der Waals surface area (Å²) >= 11 is 0. The number of carbonyl (C=O) groups excluding carboxylic acids is 1. The van der Waals surface area contributed by atoms with Crippen LogP contribution in [0.3, 0.4) is 0 Å². The van der Waals surface area contributed by atoms with Gasteiger partial charge in [-0.15, -0.1) is 0 Å². The van der Waals surface area contributed by atoms with Gasteiger partial charge in [-0.25, -0.2) is 0 Å². The third kappa shape index (κ3) is 4.21. The van der Waals surface area contributed by atoms with Crippen LogP contribution >= 0.6 is 0 Å². The van der Waals surface area contributed by atoms with Crippen molar-refractivity contribution < 1.29 is 9.72 Å². The average molecular weight is 344 g/mol. The Hall–Kier alpha value is -3.73. The molecule has 26 heavy (non-hydrogen) atoms. The maximum atomic E-state index is 12.2. The van der Waals surface area contributed by atoms with Crippen molar-refractivity contribution in [1.29, 1.82) is 0 Å². The minimum absolute atomic E-state index is 0.0170. The SMILES string of the molecule is O=C(/C=C/c1ccc([N+](=O)[O-])cc1)Nc1ccccc1-c1ccccc1. The van der Waals surface area contributed by atoms with E-state index in [1.165, 1.54) is 18.2 Å². The van der Waals surface area contributed by atoms with Gasteiger partial charge >= 0.3 is 0 Å². The summed E-state index contributed by atoms with van der Waals surface area (Å²) in [6.45, 7) is 0. The number of hydrogen-bond acceptors (Lipinski definition) is 3. The molecule has 0 saturated carbocycles. The summed E-state index contributed by atoms with van der Waals surface area (Å²) < 4.78 is 0. The minimum atomic E-state index is -0.458. The molecule has 0 unspecified atom stereocenters. The standard InChI is InChI=1S/C21H16N2O3/c24-21(15-12-16-10-13-18(14-11-16)23(25)26)22-20-9-5-4-8-19(20)17-6-2-1-3-7-17/h1-15H,(H,22,24)/b15-12+. The van der Waals surface area contributed by atoms with E-state index in [0.29, 0.717) is 5.56 Å². The van der Waals surface area contributed by atoms with E-state index >= 15 is 0 Å². The van der Waals surface area contributed by atoms with Gasteiger partial charge < -0.3 is 5.32 Å². The first-order valence-electron chi connectivity index (χ1n) is 8.01. The first kappa shape index (κ1) is 17.1. The summed E-state index contributed by atoms with van der Waals surface area (Å²) in [6.07, 6.45) is 3.02. The second-order valence-corrected chi connectivity index (χ2v) is 5.58. The van der Waals surface area contributed by atoms with Crippen LogP contribution in [0.25, 0.3) is 17.2 Å². The van der Waals surface area contributed by atoms with E-state index in [4.69, 9.17) is 0 Å². The lowest BCUT2D eigenvalue weighted by molar-refractivity contribution is -0.384. The maximum absolute atomic E-state index is 12.2. The highest BCUT2D eigenvalue weighted by Gasteiger charge is 2.06. The molecule has 0 aliphatic heterocycles. The molecule has 1 N–H and O–H groups in total. The van der Waals surface area contributed by atoms with E-state index in [2.05, 4.69) is 5.32 Å². The lowest BCUT2D eigenvalue weighted by atomic mass is 10.0. The fourth-order valence-corrected chi connectivity index (χ4v) is 2.52. The predicted octanol–water partition coefficient (Wildman–Crippen LogP) is 4.91. The van der Waals surface area contributed by atoms with Crippen LogP contribution in [0.1, 0.15) is 5.56 Å². The van der Waals surface area contributed by atoms with Gasteiger partial charge in [-0.05, 0) is 35.4 Å². The summed E-state index contributed by atoms with van der Waals surface area (Å²) in [6, 6.07) is 23.4. The lowest BCUT2D eigenvalue weighted by Crippen LogP contribution is -2.08. The molecule has 0 atom stereocenters. The third-order valence-electron chi connectivity index (χ3n) is 3.80. The quantitative estimate of drug-likeness (QED) is 0.406. The number of anilines is 1. The van der Waals surface area contributed by atoms with Crippen LogP contribution in [0.4, 0.5) is 11.4 Å². The number of non-ortho nitro benzene ring substituents is 1. The number of hydrogen-bond donors (Lipinski definition) is 1. The number of benzene rings is 3. The Labute approximate surface area is 150 Å². The van der Waals surface area contributed by atoms with Crippen molar-refractivity contribution in [2.75, 3.05) is 5.32 Å². The molecule has 5 nitrogen and oxygen atoms in total. The Morgan fingerprint density at radius 1 is 0.885 bits per heavy atom. The van der Waals surface area contributed by atoms with Crippen LogP contribution in [0, 0.1) is 10.1 Å². The molecule has 5 heteroatoms. The van der Waals surface area contributed by atoms with Crippen LogP contribution in [0.5, 0.6) is 0 Å². The van der Waals surface area contributed by atoms with Gasteiger partial charge in [0.25, 0.3) is 5.69 Å². The van der Waals surface area contributed by atoms with Crippen LogP contribution in [-0.4, -0.2) is 10.8 Å². The summed E-state index contributed by atoms with van der Waals surface area (Å²) in [7, 11) is 0. The van der Waals surface area contributed by atoms with E-state index < -0.39 is 4.92 Å². The number of nitro groups is 1. The Morgan fingerprint density at radius 3 is 2.23 bits per heavy atom. The maximum Gasteiger partial charge on any atom is 0.269 e. The molecule has 0 heterocycles. The molecule has 0 radical (unpaired) electrons. The van der Waals surface area contributed by atoms with Crippen molar-refractivity contribution in [2.45, 2.75) is 0 Å². The number of carbonyl (C=O) groups is 1. The fourth-order valence-electron chi connectivity index (χ4n) is 2.52. The summed E-state index contributed by atoms with van der Waals surface area (Å²) in [4.78, 5) is 22.4. The van der Waals surface area contributed by atoms with E-state index in [-0.39, 0.29) is 11.6 Å².